The highest BCUT2D eigenvalue weighted by atomic mass is 35.5. The Balaban J connectivity index is 0.000000447. The average molecular weight is 422 g/mol. The molecule has 8 heteroatoms. The molecule has 0 radical (unpaired) electrons. The lowest BCUT2D eigenvalue weighted by molar-refractivity contribution is -0.134. The van der Waals surface area contributed by atoms with Crippen LogP contribution >= 0.6 is 11.6 Å². The fraction of sp³-hybridized carbons (Fsp3) is 0.238. The highest BCUT2D eigenvalue weighted by Crippen LogP contribution is 2.32. The third kappa shape index (κ3) is 10.8. The average Bonchev–Trinajstić information content (AvgIpc) is 2.63. The Morgan fingerprint density at radius 2 is 1.52 bits per heavy atom. The fourth-order valence-electron chi connectivity index (χ4n) is 2.17. The van der Waals surface area contributed by atoms with E-state index in [9.17, 15) is 9.59 Å². The zero-order chi connectivity index (χ0) is 21.8. The molecule has 1 unspecified atom stereocenters. The van der Waals surface area contributed by atoms with Gasteiger partial charge in [0.1, 0.15) is 11.9 Å². The van der Waals surface area contributed by atoms with Crippen molar-refractivity contribution in [2.75, 3.05) is 20.6 Å². The van der Waals surface area contributed by atoms with Crippen molar-refractivity contribution in [3.8, 4) is 17.2 Å². The Morgan fingerprint density at radius 1 is 1.00 bits per heavy atom. The number of hydrogen-bond acceptors (Lipinski definition) is 5. The Bertz CT molecular complexity index is 804. The number of ether oxygens (including phenoxy) is 2. The van der Waals surface area contributed by atoms with Crippen LogP contribution in [0.25, 0.3) is 0 Å². The fourth-order valence-corrected chi connectivity index (χ4v) is 2.30. The molecule has 0 saturated heterocycles. The van der Waals surface area contributed by atoms with Crippen LogP contribution in [0.3, 0.4) is 0 Å². The van der Waals surface area contributed by atoms with Gasteiger partial charge < -0.3 is 24.6 Å². The van der Waals surface area contributed by atoms with Crippen LogP contribution in [-0.2, 0) is 9.59 Å². The van der Waals surface area contributed by atoms with Crippen molar-refractivity contribution in [3.05, 3.63) is 65.7 Å². The summed E-state index contributed by atoms with van der Waals surface area (Å²) in [6.45, 7) is 2.88. The van der Waals surface area contributed by atoms with Crippen LogP contribution in [0.15, 0.2) is 60.7 Å². The summed E-state index contributed by atoms with van der Waals surface area (Å²) in [4.78, 5) is 21.2. The van der Waals surface area contributed by atoms with Crippen molar-refractivity contribution in [3.63, 3.8) is 0 Å². The SMILES string of the molecule is CC(CN(C)C)Oc1ccccc1Oc1ccc(Cl)cc1.O=C(O)/C=C\C(=O)O. The van der Waals surface area contributed by atoms with Crippen molar-refractivity contribution in [2.24, 2.45) is 0 Å². The van der Waals surface area contributed by atoms with E-state index >= 15 is 0 Å². The monoisotopic (exact) mass is 421 g/mol. The molecule has 0 aliphatic carbocycles. The first kappa shape index (κ1) is 24.0. The number of carbonyl (C=O) groups is 2. The molecule has 0 fully saturated rings. The van der Waals surface area contributed by atoms with E-state index in [0.717, 1.165) is 18.0 Å². The Morgan fingerprint density at radius 3 is 2.00 bits per heavy atom. The molecule has 0 bridgehead atoms. The van der Waals surface area contributed by atoms with Crippen molar-refractivity contribution in [2.45, 2.75) is 13.0 Å². The van der Waals surface area contributed by atoms with Gasteiger partial charge in [-0.15, -0.1) is 0 Å². The van der Waals surface area contributed by atoms with Crippen molar-refractivity contribution >= 4 is 23.5 Å². The first-order valence-electron chi connectivity index (χ1n) is 8.65. The number of hydrogen-bond donors (Lipinski definition) is 2. The molecule has 0 aromatic heterocycles. The minimum atomic E-state index is -1.26. The molecule has 2 N–H and O–H groups in total. The second kappa shape index (κ2) is 12.4. The second-order valence-corrected chi connectivity index (χ2v) is 6.64. The molecule has 2 rings (SSSR count). The van der Waals surface area contributed by atoms with E-state index in [0.29, 0.717) is 22.9 Å². The maximum atomic E-state index is 9.55. The van der Waals surface area contributed by atoms with Crippen LogP contribution < -0.4 is 9.47 Å². The second-order valence-electron chi connectivity index (χ2n) is 6.20. The van der Waals surface area contributed by atoms with E-state index in [1.807, 2.05) is 57.4 Å². The lowest BCUT2D eigenvalue weighted by Crippen LogP contribution is -2.28. The van der Waals surface area contributed by atoms with Crippen LogP contribution in [0.1, 0.15) is 6.92 Å². The molecule has 156 valence electrons. The van der Waals surface area contributed by atoms with E-state index < -0.39 is 11.9 Å². The minimum Gasteiger partial charge on any atom is -0.485 e. The van der Waals surface area contributed by atoms with Crippen molar-refractivity contribution < 1.29 is 29.3 Å². The zero-order valence-corrected chi connectivity index (χ0v) is 17.2. The summed E-state index contributed by atoms with van der Waals surface area (Å²) in [5.74, 6) is -0.345. The molecule has 2 aromatic rings. The maximum absolute atomic E-state index is 9.55. The quantitative estimate of drug-likeness (QED) is 0.617. The van der Waals surface area contributed by atoms with Crippen LogP contribution in [0.4, 0.5) is 0 Å². The van der Waals surface area contributed by atoms with Crippen LogP contribution in [0.2, 0.25) is 5.02 Å². The molecule has 0 heterocycles. The first-order chi connectivity index (χ1) is 13.7. The highest BCUT2D eigenvalue weighted by Gasteiger charge is 2.10. The first-order valence-corrected chi connectivity index (χ1v) is 9.03. The molecule has 2 aromatic carbocycles. The number of rotatable bonds is 8. The Kier molecular flexibility index (Phi) is 10.3. The summed E-state index contributed by atoms with van der Waals surface area (Å²) >= 11 is 5.88. The van der Waals surface area contributed by atoms with Gasteiger partial charge in [-0.25, -0.2) is 9.59 Å². The highest BCUT2D eigenvalue weighted by molar-refractivity contribution is 6.30. The number of halogens is 1. The number of carboxylic acids is 2. The summed E-state index contributed by atoms with van der Waals surface area (Å²) in [6.07, 6.45) is 1.19. The number of aliphatic carboxylic acids is 2. The molecular weight excluding hydrogens is 398 g/mol. The molecule has 29 heavy (non-hydrogen) atoms. The molecule has 0 aliphatic rings. The van der Waals surface area contributed by atoms with E-state index in [-0.39, 0.29) is 6.10 Å². The maximum Gasteiger partial charge on any atom is 0.328 e. The third-order valence-electron chi connectivity index (χ3n) is 3.21. The van der Waals surface area contributed by atoms with E-state index in [4.69, 9.17) is 31.3 Å². The molecule has 0 aliphatic heterocycles. The third-order valence-corrected chi connectivity index (χ3v) is 3.46. The summed E-state index contributed by atoms with van der Waals surface area (Å²) in [7, 11) is 4.05. The number of likely N-dealkylation sites (N-methyl/N-ethyl adjacent to an activating group) is 1. The number of para-hydroxylation sites is 2. The van der Waals surface area contributed by atoms with E-state index in [2.05, 4.69) is 4.90 Å². The molecule has 0 spiro atoms. The lowest BCUT2D eigenvalue weighted by atomic mass is 10.3. The van der Waals surface area contributed by atoms with Gasteiger partial charge in [0.25, 0.3) is 0 Å². The van der Waals surface area contributed by atoms with Crippen LogP contribution in [0, 0.1) is 0 Å². The summed E-state index contributed by atoms with van der Waals surface area (Å²) in [6, 6.07) is 14.9. The molecule has 0 saturated carbocycles. The summed E-state index contributed by atoms with van der Waals surface area (Å²) in [5.41, 5.74) is 0. The minimum absolute atomic E-state index is 0.0787. The van der Waals surface area contributed by atoms with Crippen LogP contribution in [-0.4, -0.2) is 53.8 Å². The van der Waals surface area contributed by atoms with Gasteiger partial charge in [-0.05, 0) is 57.4 Å². The van der Waals surface area contributed by atoms with Crippen LogP contribution in [0.5, 0.6) is 17.2 Å². The van der Waals surface area contributed by atoms with Crippen molar-refractivity contribution in [1.82, 2.24) is 4.90 Å². The lowest BCUT2D eigenvalue weighted by Gasteiger charge is -2.20. The van der Waals surface area contributed by atoms with Gasteiger partial charge >= 0.3 is 11.9 Å². The molecule has 0 amide bonds. The topological polar surface area (TPSA) is 96.3 Å². The summed E-state index contributed by atoms with van der Waals surface area (Å²) in [5, 5.41) is 16.3. The predicted molar refractivity (Wildman–Crippen MR) is 111 cm³/mol. The zero-order valence-electron chi connectivity index (χ0n) is 16.4. The number of carboxylic acid groups (broad SMARTS) is 2. The smallest absolute Gasteiger partial charge is 0.328 e. The summed E-state index contributed by atoms with van der Waals surface area (Å²) < 4.78 is 11.8. The normalized spacial score (nSPS) is 11.5. The van der Waals surface area contributed by atoms with E-state index in [1.54, 1.807) is 12.1 Å². The van der Waals surface area contributed by atoms with Gasteiger partial charge in [-0.3, -0.25) is 0 Å². The Labute approximate surface area is 174 Å². The van der Waals surface area contributed by atoms with Gasteiger partial charge in [0.2, 0.25) is 0 Å². The van der Waals surface area contributed by atoms with Gasteiger partial charge in [-0.2, -0.15) is 0 Å². The Hall–Kier alpha value is -3.03. The van der Waals surface area contributed by atoms with E-state index in [1.165, 1.54) is 0 Å². The van der Waals surface area contributed by atoms with Gasteiger partial charge in [0, 0.05) is 23.7 Å². The molecule has 7 nitrogen and oxygen atoms in total. The molecule has 1 atom stereocenters. The van der Waals surface area contributed by atoms with Gasteiger partial charge in [0.15, 0.2) is 11.5 Å². The van der Waals surface area contributed by atoms with Crippen molar-refractivity contribution in [1.29, 1.82) is 0 Å². The standard InChI is InChI=1S/C17H20ClNO2.C4H4O4/c1-13(12-19(2)3)20-16-6-4-5-7-17(16)21-15-10-8-14(18)9-11-15;5-3(6)1-2-4(7)8/h4-11,13H,12H2,1-3H3;1-2H,(H,5,6)(H,7,8)/b;2-1-. The largest absolute Gasteiger partial charge is 0.485 e. The predicted octanol–water partition coefficient (Wildman–Crippen LogP) is 4.17. The number of nitrogens with zero attached hydrogens (tertiary/aromatic N) is 1. The number of benzene rings is 2. The molecular formula is C21H24ClNO6. The van der Waals surface area contributed by atoms with Gasteiger partial charge in [-0.1, -0.05) is 23.7 Å². The van der Waals surface area contributed by atoms with Gasteiger partial charge in [0.05, 0.1) is 0 Å².